The van der Waals surface area contributed by atoms with Crippen LogP contribution in [0.25, 0.3) is 0 Å². The maximum atomic E-state index is 12.0. The quantitative estimate of drug-likeness (QED) is 0.742. The van der Waals surface area contributed by atoms with E-state index in [0.29, 0.717) is 5.92 Å². The van der Waals surface area contributed by atoms with E-state index in [4.69, 9.17) is 4.74 Å². The van der Waals surface area contributed by atoms with Gasteiger partial charge in [0.2, 0.25) is 0 Å². The van der Waals surface area contributed by atoms with Gasteiger partial charge in [0, 0.05) is 6.54 Å². The Kier molecular flexibility index (Phi) is 2.65. The van der Waals surface area contributed by atoms with Crippen molar-refractivity contribution in [2.24, 2.45) is 5.92 Å². The molecule has 1 aliphatic carbocycles. The van der Waals surface area contributed by atoms with Crippen LogP contribution < -0.4 is 0 Å². The number of amides is 1. The molecule has 4 nitrogen and oxygen atoms in total. The highest BCUT2D eigenvalue weighted by molar-refractivity contribution is 5.70. The van der Waals surface area contributed by atoms with Gasteiger partial charge in [0.05, 0.1) is 12.1 Å². The normalized spacial score (nSPS) is 33.2. The van der Waals surface area contributed by atoms with E-state index in [2.05, 4.69) is 0 Å². The van der Waals surface area contributed by atoms with Gasteiger partial charge in [-0.3, -0.25) is 4.90 Å². The minimum Gasteiger partial charge on any atom is -0.444 e. The lowest BCUT2D eigenvalue weighted by Crippen LogP contribution is -2.52. The van der Waals surface area contributed by atoms with Crippen molar-refractivity contribution in [3.63, 3.8) is 0 Å². The number of piperidine rings is 1. The van der Waals surface area contributed by atoms with Gasteiger partial charge in [-0.05, 0) is 46.0 Å². The fraction of sp³-hybridized carbons (Fsp3) is 0.917. The van der Waals surface area contributed by atoms with Crippen molar-refractivity contribution in [1.82, 2.24) is 4.90 Å². The number of hydrogen-bond donors (Lipinski definition) is 1. The molecule has 16 heavy (non-hydrogen) atoms. The van der Waals surface area contributed by atoms with Gasteiger partial charge >= 0.3 is 6.09 Å². The molecule has 0 unspecified atom stereocenters. The number of aliphatic hydroxyl groups excluding tert-OH is 1. The van der Waals surface area contributed by atoms with E-state index >= 15 is 0 Å². The molecule has 4 heteroatoms. The van der Waals surface area contributed by atoms with E-state index in [9.17, 15) is 9.90 Å². The molecule has 2 aliphatic rings. The van der Waals surface area contributed by atoms with Crippen LogP contribution in [-0.4, -0.2) is 40.4 Å². The van der Waals surface area contributed by atoms with Crippen molar-refractivity contribution in [3.8, 4) is 0 Å². The number of rotatable bonds is 1. The van der Waals surface area contributed by atoms with Crippen LogP contribution in [0.1, 0.15) is 40.0 Å². The van der Waals surface area contributed by atoms with Crippen molar-refractivity contribution in [1.29, 1.82) is 0 Å². The first kappa shape index (κ1) is 11.7. The van der Waals surface area contributed by atoms with Gasteiger partial charge < -0.3 is 9.84 Å². The van der Waals surface area contributed by atoms with Crippen LogP contribution >= 0.6 is 0 Å². The van der Waals surface area contributed by atoms with Crippen molar-refractivity contribution in [2.75, 3.05) is 13.2 Å². The molecule has 1 saturated heterocycles. The molecule has 2 bridgehead atoms. The molecule has 0 aromatic heterocycles. The van der Waals surface area contributed by atoms with E-state index in [1.54, 1.807) is 4.90 Å². The van der Waals surface area contributed by atoms with E-state index in [-0.39, 0.29) is 18.2 Å². The first-order chi connectivity index (χ1) is 7.36. The van der Waals surface area contributed by atoms with E-state index in [0.717, 1.165) is 25.8 Å². The lowest BCUT2D eigenvalue weighted by molar-refractivity contribution is -0.00943. The Morgan fingerprint density at radius 1 is 1.56 bits per heavy atom. The molecule has 1 N–H and O–H groups in total. The van der Waals surface area contributed by atoms with Crippen molar-refractivity contribution in [2.45, 2.75) is 51.2 Å². The molecule has 1 aliphatic heterocycles. The molecule has 2 atom stereocenters. The maximum absolute atomic E-state index is 12.0. The van der Waals surface area contributed by atoms with Crippen LogP contribution in [-0.2, 0) is 4.74 Å². The topological polar surface area (TPSA) is 49.8 Å². The minimum absolute atomic E-state index is 0.0583. The Morgan fingerprint density at radius 2 is 2.25 bits per heavy atom. The van der Waals surface area contributed by atoms with Crippen molar-refractivity contribution in [3.05, 3.63) is 0 Å². The molecule has 1 amide bonds. The number of aliphatic hydroxyl groups is 1. The van der Waals surface area contributed by atoms with Crippen LogP contribution in [0, 0.1) is 5.92 Å². The summed E-state index contributed by atoms with van der Waals surface area (Å²) in [4.78, 5) is 13.7. The fourth-order valence-electron chi connectivity index (χ4n) is 2.88. The monoisotopic (exact) mass is 227 g/mol. The largest absolute Gasteiger partial charge is 0.444 e. The Morgan fingerprint density at radius 3 is 2.75 bits per heavy atom. The van der Waals surface area contributed by atoms with Crippen LogP contribution in [0.3, 0.4) is 0 Å². The summed E-state index contributed by atoms with van der Waals surface area (Å²) in [6, 6.07) is 0. The predicted octanol–water partition coefficient (Wildman–Crippen LogP) is 1.77. The first-order valence-corrected chi connectivity index (χ1v) is 5.98. The zero-order chi connectivity index (χ0) is 12.0. The number of likely N-dealkylation sites (tertiary alicyclic amines) is 1. The molecule has 92 valence electrons. The molecule has 0 spiro atoms. The Hall–Kier alpha value is -0.770. The van der Waals surface area contributed by atoms with Gasteiger partial charge in [-0.15, -0.1) is 0 Å². The number of carbonyl (C=O) groups is 1. The summed E-state index contributed by atoms with van der Waals surface area (Å²) < 4.78 is 5.38. The number of nitrogens with zero attached hydrogens (tertiary/aromatic N) is 1. The SMILES string of the molecule is CC(C)(C)OC(=O)N1C[C@H]2CC[C@]1(CO)C2. The molecule has 2 rings (SSSR count). The van der Waals surface area contributed by atoms with Gasteiger partial charge in [-0.1, -0.05) is 0 Å². The van der Waals surface area contributed by atoms with Crippen molar-refractivity contribution >= 4 is 6.09 Å². The first-order valence-electron chi connectivity index (χ1n) is 5.98. The Bertz CT molecular complexity index is 297. The van der Waals surface area contributed by atoms with E-state index in [1.807, 2.05) is 20.8 Å². The lowest BCUT2D eigenvalue weighted by Gasteiger charge is -2.38. The second-order valence-corrected chi connectivity index (χ2v) is 6.08. The van der Waals surface area contributed by atoms with Gasteiger partial charge in [-0.2, -0.15) is 0 Å². The molecular weight excluding hydrogens is 206 g/mol. The zero-order valence-electron chi connectivity index (χ0n) is 10.3. The number of fused-ring (bicyclic) bond motifs is 2. The number of hydrogen-bond acceptors (Lipinski definition) is 3. The summed E-state index contributed by atoms with van der Waals surface area (Å²) in [5.74, 6) is 0.555. The average molecular weight is 227 g/mol. The molecule has 1 saturated carbocycles. The van der Waals surface area contributed by atoms with E-state index in [1.165, 1.54) is 0 Å². The summed E-state index contributed by atoms with van der Waals surface area (Å²) in [5.41, 5.74) is -0.789. The maximum Gasteiger partial charge on any atom is 0.410 e. The lowest BCUT2D eigenvalue weighted by atomic mass is 9.99. The molecule has 0 aromatic rings. The standard InChI is InChI=1S/C12H21NO3/c1-11(2,3)16-10(15)13-7-9-4-5-12(13,6-9)8-14/h9,14H,4-8H2,1-3H3/t9-,12+/m0/s1. The van der Waals surface area contributed by atoms with Crippen molar-refractivity contribution < 1.29 is 14.6 Å². The zero-order valence-corrected chi connectivity index (χ0v) is 10.3. The van der Waals surface area contributed by atoms with Crippen LogP contribution in [0.15, 0.2) is 0 Å². The van der Waals surface area contributed by atoms with Crippen LogP contribution in [0.2, 0.25) is 0 Å². The molecule has 1 heterocycles. The third-order valence-electron chi connectivity index (χ3n) is 3.61. The van der Waals surface area contributed by atoms with E-state index < -0.39 is 5.60 Å². The highest BCUT2D eigenvalue weighted by Crippen LogP contribution is 2.46. The fourth-order valence-corrected chi connectivity index (χ4v) is 2.88. The summed E-state index contributed by atoms with van der Waals surface area (Å²) >= 11 is 0. The van der Waals surface area contributed by atoms with Crippen LogP contribution in [0.4, 0.5) is 4.79 Å². The third kappa shape index (κ3) is 1.90. The number of carbonyl (C=O) groups excluding carboxylic acids is 1. The number of ether oxygens (including phenoxy) is 1. The Balaban J connectivity index is 2.08. The van der Waals surface area contributed by atoms with Gasteiger partial charge in [0.1, 0.15) is 5.60 Å². The summed E-state index contributed by atoms with van der Waals surface area (Å²) in [6.45, 7) is 6.40. The van der Waals surface area contributed by atoms with Crippen LogP contribution in [0.5, 0.6) is 0 Å². The Labute approximate surface area is 96.6 Å². The second-order valence-electron chi connectivity index (χ2n) is 6.08. The summed E-state index contributed by atoms with van der Waals surface area (Å²) in [7, 11) is 0. The van der Waals surface area contributed by atoms with Gasteiger partial charge in [0.25, 0.3) is 0 Å². The molecular formula is C12H21NO3. The predicted molar refractivity (Wildman–Crippen MR) is 60.1 cm³/mol. The van der Waals surface area contributed by atoms with Gasteiger partial charge in [0.15, 0.2) is 0 Å². The molecule has 2 fully saturated rings. The third-order valence-corrected chi connectivity index (χ3v) is 3.61. The molecule has 0 aromatic carbocycles. The second kappa shape index (κ2) is 3.62. The average Bonchev–Trinajstić information content (AvgIpc) is 2.72. The van der Waals surface area contributed by atoms with Gasteiger partial charge in [-0.25, -0.2) is 4.79 Å². The minimum atomic E-state index is -0.463. The molecule has 0 radical (unpaired) electrons. The smallest absolute Gasteiger partial charge is 0.410 e. The highest BCUT2D eigenvalue weighted by Gasteiger charge is 2.53. The summed E-state index contributed by atoms with van der Waals surface area (Å²) in [6.07, 6.45) is 2.69. The summed E-state index contributed by atoms with van der Waals surface area (Å²) in [5, 5.41) is 9.51. The highest BCUT2D eigenvalue weighted by atomic mass is 16.6.